The van der Waals surface area contributed by atoms with Gasteiger partial charge >= 0.3 is 5.97 Å². The Bertz CT molecular complexity index is 1310. The first-order chi connectivity index (χ1) is 17.2. The van der Waals surface area contributed by atoms with E-state index in [-0.39, 0.29) is 23.8 Å². The first kappa shape index (κ1) is 26.6. The van der Waals surface area contributed by atoms with Crippen LogP contribution in [0, 0.1) is 6.92 Å². The molecule has 10 heteroatoms. The van der Waals surface area contributed by atoms with E-state index < -0.39 is 17.5 Å². The third-order valence-electron chi connectivity index (χ3n) is 6.60. The molecule has 8 nitrogen and oxygen atoms in total. The Labute approximate surface area is 219 Å². The van der Waals surface area contributed by atoms with Gasteiger partial charge < -0.3 is 18.9 Å². The number of carbonyl (C=O) groups excluding carboxylic acids is 1. The zero-order valence-electron chi connectivity index (χ0n) is 21.1. The molecule has 0 N–H and O–H groups in total. The summed E-state index contributed by atoms with van der Waals surface area (Å²) >= 11 is 7.78. The average molecular weight is 535 g/mol. The molecule has 0 unspecified atom stereocenters. The summed E-state index contributed by atoms with van der Waals surface area (Å²) in [6.45, 7) is 6.64. The van der Waals surface area contributed by atoms with Crippen molar-refractivity contribution in [3.8, 4) is 5.75 Å². The number of halogens is 1. The fourth-order valence-corrected chi connectivity index (χ4v) is 5.79. The van der Waals surface area contributed by atoms with Crippen molar-refractivity contribution in [2.45, 2.75) is 57.8 Å². The number of methoxy groups -OCH3 is 2. The molecule has 0 spiro atoms. The van der Waals surface area contributed by atoms with Crippen LogP contribution in [0.5, 0.6) is 5.75 Å². The SMILES string of the molecule is COC(=O)C(C)(C)c1nn(C[C@H](OC2CCOCC2)c2ccccc2OC)c2sc(Cl)c(C)c2c1=O. The molecule has 1 fully saturated rings. The van der Waals surface area contributed by atoms with E-state index in [9.17, 15) is 9.59 Å². The van der Waals surface area contributed by atoms with Crippen LogP contribution in [0.2, 0.25) is 4.34 Å². The number of carbonyl (C=O) groups is 1. The number of benzene rings is 1. The van der Waals surface area contributed by atoms with Crippen molar-refractivity contribution >= 4 is 39.1 Å². The Balaban J connectivity index is 1.88. The van der Waals surface area contributed by atoms with Gasteiger partial charge in [0.15, 0.2) is 0 Å². The number of nitrogens with zero attached hydrogens (tertiary/aromatic N) is 2. The molecule has 0 bridgehead atoms. The van der Waals surface area contributed by atoms with Crippen molar-refractivity contribution < 1.29 is 23.7 Å². The molecule has 0 radical (unpaired) electrons. The number of fused-ring (bicyclic) bond motifs is 1. The summed E-state index contributed by atoms with van der Waals surface area (Å²) in [7, 11) is 2.92. The second-order valence-corrected chi connectivity index (χ2v) is 10.9. The monoisotopic (exact) mass is 534 g/mol. The molecule has 194 valence electrons. The predicted molar refractivity (Wildman–Crippen MR) is 139 cm³/mol. The normalized spacial score (nSPS) is 15.7. The van der Waals surface area contributed by atoms with Crippen LogP contribution < -0.4 is 10.2 Å². The van der Waals surface area contributed by atoms with Crippen LogP contribution in [0.15, 0.2) is 29.1 Å². The number of ether oxygens (including phenoxy) is 4. The number of thiophene rings is 1. The second kappa shape index (κ2) is 10.9. The summed E-state index contributed by atoms with van der Waals surface area (Å²) < 4.78 is 25.0. The topological polar surface area (TPSA) is 88.9 Å². The van der Waals surface area contributed by atoms with Crippen molar-refractivity contribution in [2.24, 2.45) is 0 Å². The molecule has 1 aromatic carbocycles. The van der Waals surface area contributed by atoms with Crippen molar-refractivity contribution in [1.82, 2.24) is 9.78 Å². The molecule has 3 aromatic rings. The van der Waals surface area contributed by atoms with Gasteiger partial charge in [-0.25, -0.2) is 0 Å². The zero-order valence-corrected chi connectivity index (χ0v) is 22.7. The molecule has 0 amide bonds. The molecular formula is C26H31ClN2O6S. The van der Waals surface area contributed by atoms with Crippen LogP contribution in [0.1, 0.15) is 49.6 Å². The van der Waals surface area contributed by atoms with Gasteiger partial charge in [-0.15, -0.1) is 11.3 Å². The van der Waals surface area contributed by atoms with E-state index in [1.165, 1.54) is 18.4 Å². The summed E-state index contributed by atoms with van der Waals surface area (Å²) in [5, 5.41) is 5.17. The fourth-order valence-electron chi connectivity index (χ4n) is 4.48. The van der Waals surface area contributed by atoms with E-state index in [0.717, 1.165) is 18.4 Å². The molecule has 36 heavy (non-hydrogen) atoms. The Morgan fingerprint density at radius 3 is 2.64 bits per heavy atom. The minimum atomic E-state index is -1.26. The molecule has 1 saturated heterocycles. The molecule has 3 heterocycles. The summed E-state index contributed by atoms with van der Waals surface area (Å²) in [6.07, 6.45) is 1.13. The van der Waals surface area contributed by atoms with Gasteiger partial charge in [0.1, 0.15) is 27.8 Å². The minimum Gasteiger partial charge on any atom is -0.496 e. The summed E-state index contributed by atoms with van der Waals surface area (Å²) in [6, 6.07) is 7.70. The summed E-state index contributed by atoms with van der Waals surface area (Å²) in [5.41, 5.74) is 0.0531. The molecule has 1 atom stereocenters. The molecule has 1 aliphatic rings. The van der Waals surface area contributed by atoms with E-state index >= 15 is 0 Å². The lowest BCUT2D eigenvalue weighted by atomic mass is 9.88. The maximum absolute atomic E-state index is 13.6. The number of aryl methyl sites for hydroxylation is 1. The van der Waals surface area contributed by atoms with Crippen LogP contribution in [-0.2, 0) is 31.0 Å². The Kier molecular flexibility index (Phi) is 8.04. The van der Waals surface area contributed by atoms with E-state index in [1.54, 1.807) is 32.6 Å². The van der Waals surface area contributed by atoms with Gasteiger partial charge in [-0.2, -0.15) is 5.10 Å². The van der Waals surface area contributed by atoms with Gasteiger partial charge in [0.05, 0.1) is 36.6 Å². The molecule has 2 aromatic heterocycles. The number of rotatable bonds is 8. The lowest BCUT2D eigenvalue weighted by Crippen LogP contribution is -2.38. The van der Waals surface area contributed by atoms with Crippen LogP contribution in [0.4, 0.5) is 0 Å². The van der Waals surface area contributed by atoms with Gasteiger partial charge in [0.25, 0.3) is 0 Å². The fraction of sp³-hybridized carbons (Fsp3) is 0.500. The first-order valence-electron chi connectivity index (χ1n) is 11.8. The van der Waals surface area contributed by atoms with Crippen molar-refractivity contribution in [3.63, 3.8) is 0 Å². The zero-order chi connectivity index (χ0) is 26.0. The summed E-state index contributed by atoms with van der Waals surface area (Å²) in [5.74, 6) is 0.152. The maximum Gasteiger partial charge on any atom is 0.317 e. The maximum atomic E-state index is 13.6. The number of hydrogen-bond acceptors (Lipinski definition) is 8. The Morgan fingerprint density at radius 2 is 1.97 bits per heavy atom. The van der Waals surface area contributed by atoms with Gasteiger partial charge in [-0.05, 0) is 45.2 Å². The highest BCUT2D eigenvalue weighted by Crippen LogP contribution is 2.36. The van der Waals surface area contributed by atoms with E-state index in [2.05, 4.69) is 0 Å². The van der Waals surface area contributed by atoms with Crippen LogP contribution in [-0.4, -0.2) is 49.3 Å². The predicted octanol–water partition coefficient (Wildman–Crippen LogP) is 4.82. The van der Waals surface area contributed by atoms with Crippen molar-refractivity contribution in [1.29, 1.82) is 0 Å². The lowest BCUT2D eigenvalue weighted by molar-refractivity contribution is -0.146. The smallest absolute Gasteiger partial charge is 0.317 e. The van der Waals surface area contributed by atoms with Gasteiger partial charge in [-0.1, -0.05) is 29.8 Å². The van der Waals surface area contributed by atoms with Crippen molar-refractivity contribution in [3.05, 3.63) is 55.6 Å². The third kappa shape index (κ3) is 5.02. The van der Waals surface area contributed by atoms with Crippen LogP contribution >= 0.6 is 22.9 Å². The van der Waals surface area contributed by atoms with Gasteiger partial charge in [0, 0.05) is 18.8 Å². The van der Waals surface area contributed by atoms with E-state index in [0.29, 0.717) is 39.1 Å². The highest BCUT2D eigenvalue weighted by atomic mass is 35.5. The quantitative estimate of drug-likeness (QED) is 0.383. The van der Waals surface area contributed by atoms with Crippen molar-refractivity contribution in [2.75, 3.05) is 27.4 Å². The molecule has 1 aliphatic heterocycles. The molecule has 4 rings (SSSR count). The lowest BCUT2D eigenvalue weighted by Gasteiger charge is -2.29. The number of para-hydroxylation sites is 1. The van der Waals surface area contributed by atoms with Gasteiger partial charge in [-0.3, -0.25) is 14.3 Å². The molecule has 0 aliphatic carbocycles. The second-order valence-electron chi connectivity index (χ2n) is 9.34. The Hall–Kier alpha value is -2.46. The standard InChI is InChI=1S/C26H31ClN2O6S/c1-15-20-21(30)22(26(2,3)25(31)33-5)28-29(24(20)36-23(15)27)14-19(35-16-10-12-34-13-11-16)17-8-6-7-9-18(17)32-4/h6-9,16,19H,10-14H2,1-5H3/t19-/m0/s1. The largest absolute Gasteiger partial charge is 0.496 e. The minimum absolute atomic E-state index is 0.00294. The number of esters is 1. The van der Waals surface area contributed by atoms with Crippen LogP contribution in [0.3, 0.4) is 0 Å². The highest BCUT2D eigenvalue weighted by Gasteiger charge is 2.37. The molecule has 0 saturated carbocycles. The van der Waals surface area contributed by atoms with E-state index in [1.807, 2.05) is 24.3 Å². The van der Waals surface area contributed by atoms with E-state index in [4.69, 9.17) is 35.6 Å². The summed E-state index contributed by atoms with van der Waals surface area (Å²) in [4.78, 5) is 26.8. The molecular weight excluding hydrogens is 504 g/mol. The van der Waals surface area contributed by atoms with Gasteiger partial charge in [0.2, 0.25) is 5.43 Å². The Morgan fingerprint density at radius 1 is 1.28 bits per heavy atom. The number of hydrogen-bond donors (Lipinski definition) is 0. The highest BCUT2D eigenvalue weighted by molar-refractivity contribution is 7.22. The first-order valence-corrected chi connectivity index (χ1v) is 13.0. The van der Waals surface area contributed by atoms with Crippen LogP contribution in [0.25, 0.3) is 10.2 Å². The average Bonchev–Trinajstić information content (AvgIpc) is 3.19. The third-order valence-corrected chi connectivity index (χ3v) is 8.21. The number of aromatic nitrogens is 2.